The summed E-state index contributed by atoms with van der Waals surface area (Å²) in [5, 5.41) is 7.84. The maximum atomic E-state index is 14.1. The minimum Gasteiger partial charge on any atom is -0.357 e. The van der Waals surface area contributed by atoms with Gasteiger partial charge in [0, 0.05) is 50.0 Å². The van der Waals surface area contributed by atoms with E-state index in [0.29, 0.717) is 23.5 Å². The Labute approximate surface area is 198 Å². The van der Waals surface area contributed by atoms with Crippen molar-refractivity contribution in [3.63, 3.8) is 0 Å². The number of nitrogens with zero attached hydrogens (tertiary/aromatic N) is 5. The maximum Gasteiger partial charge on any atom is 0.471 e. The number of piperidine rings is 1. The average Bonchev–Trinajstić information content (AvgIpc) is 3.46. The number of alkyl halides is 3. The number of nitrogens with one attached hydrogen (secondary N) is 1. The molecule has 1 aliphatic heterocycles. The average molecular weight is 488 g/mol. The van der Waals surface area contributed by atoms with E-state index >= 15 is 0 Å². The van der Waals surface area contributed by atoms with Crippen LogP contribution in [0.15, 0.2) is 47.2 Å². The van der Waals surface area contributed by atoms with E-state index in [1.54, 1.807) is 18.2 Å². The third kappa shape index (κ3) is 4.86. The van der Waals surface area contributed by atoms with Gasteiger partial charge in [0.15, 0.2) is 0 Å². The van der Waals surface area contributed by atoms with Crippen LogP contribution in [0.2, 0.25) is 0 Å². The number of hydrogen-bond acceptors (Lipinski definition) is 6. The third-order valence-electron chi connectivity index (χ3n) is 6.40. The molecule has 0 aliphatic carbocycles. The Morgan fingerprint density at radius 3 is 2.63 bits per heavy atom. The van der Waals surface area contributed by atoms with E-state index < -0.39 is 12.1 Å². The number of aryl methyl sites for hydroxylation is 1. The third-order valence-corrected chi connectivity index (χ3v) is 6.40. The van der Waals surface area contributed by atoms with E-state index in [1.807, 2.05) is 23.9 Å². The summed E-state index contributed by atoms with van der Waals surface area (Å²) in [7, 11) is 1.85. The van der Waals surface area contributed by atoms with Gasteiger partial charge in [-0.15, -0.1) is 0 Å². The summed E-state index contributed by atoms with van der Waals surface area (Å²) in [5.41, 5.74) is 2.06. The normalized spacial score (nSPS) is 15.3. The molecule has 0 saturated carbocycles. The van der Waals surface area contributed by atoms with Crippen molar-refractivity contribution in [2.45, 2.75) is 25.6 Å². The molecular weight excluding hydrogens is 464 g/mol. The molecular formula is C24H24F4N6O. The molecule has 0 amide bonds. The summed E-state index contributed by atoms with van der Waals surface area (Å²) in [6.07, 6.45) is 0.726. The molecule has 0 radical (unpaired) electrons. The first kappa shape index (κ1) is 23.3. The maximum absolute atomic E-state index is 14.1. The molecule has 1 fully saturated rings. The lowest BCUT2D eigenvalue weighted by Gasteiger charge is -2.33. The second-order valence-electron chi connectivity index (χ2n) is 8.79. The first-order chi connectivity index (χ1) is 16.8. The molecule has 4 heterocycles. The predicted octanol–water partition coefficient (Wildman–Crippen LogP) is 4.79. The van der Waals surface area contributed by atoms with E-state index in [4.69, 9.17) is 0 Å². The Balaban J connectivity index is 1.13. The van der Waals surface area contributed by atoms with Crippen LogP contribution in [0.1, 0.15) is 24.3 Å². The number of benzene rings is 1. The Hall–Kier alpha value is -3.47. The van der Waals surface area contributed by atoms with Crippen molar-refractivity contribution in [2.24, 2.45) is 13.0 Å². The van der Waals surface area contributed by atoms with Crippen molar-refractivity contribution < 1.29 is 22.1 Å². The molecule has 1 N–H and O–H groups in total. The lowest BCUT2D eigenvalue weighted by atomic mass is 9.96. The molecule has 0 atom stereocenters. The van der Waals surface area contributed by atoms with Crippen molar-refractivity contribution in [3.05, 3.63) is 60.0 Å². The van der Waals surface area contributed by atoms with Gasteiger partial charge in [-0.05, 0) is 49.1 Å². The smallest absolute Gasteiger partial charge is 0.357 e. The van der Waals surface area contributed by atoms with Crippen molar-refractivity contribution >= 4 is 16.7 Å². The highest BCUT2D eigenvalue weighted by Crippen LogP contribution is 2.30. The van der Waals surface area contributed by atoms with E-state index in [-0.39, 0.29) is 11.6 Å². The van der Waals surface area contributed by atoms with Gasteiger partial charge in [0.05, 0.1) is 5.52 Å². The van der Waals surface area contributed by atoms with Gasteiger partial charge >= 0.3 is 12.1 Å². The molecule has 0 bridgehead atoms. The largest absolute Gasteiger partial charge is 0.471 e. The van der Waals surface area contributed by atoms with Crippen molar-refractivity contribution in [3.8, 4) is 11.4 Å². The summed E-state index contributed by atoms with van der Waals surface area (Å²) in [4.78, 5) is 9.94. The second-order valence-corrected chi connectivity index (χ2v) is 8.79. The van der Waals surface area contributed by atoms with Gasteiger partial charge in [-0.3, -0.25) is 0 Å². The van der Waals surface area contributed by atoms with Crippen LogP contribution < -0.4 is 10.2 Å². The van der Waals surface area contributed by atoms with Gasteiger partial charge < -0.3 is 19.3 Å². The predicted molar refractivity (Wildman–Crippen MR) is 122 cm³/mol. The lowest BCUT2D eigenvalue weighted by Crippen LogP contribution is -2.37. The molecule has 5 rings (SSSR count). The highest BCUT2D eigenvalue weighted by Gasteiger charge is 2.38. The minimum absolute atomic E-state index is 0.143. The van der Waals surface area contributed by atoms with Crippen LogP contribution in [0, 0.1) is 11.7 Å². The summed E-state index contributed by atoms with van der Waals surface area (Å²) < 4.78 is 58.2. The zero-order valence-corrected chi connectivity index (χ0v) is 19.0. The number of fused-ring (bicyclic) bond motifs is 1. The zero-order chi connectivity index (χ0) is 24.6. The van der Waals surface area contributed by atoms with E-state index in [9.17, 15) is 17.6 Å². The number of rotatable bonds is 6. The molecule has 11 heteroatoms. The molecule has 1 saturated heterocycles. The number of aromatic nitrogens is 4. The highest BCUT2D eigenvalue weighted by molar-refractivity contribution is 5.84. The molecule has 184 valence electrons. The van der Waals surface area contributed by atoms with E-state index in [1.165, 1.54) is 12.3 Å². The number of halogens is 4. The van der Waals surface area contributed by atoms with Crippen LogP contribution in [-0.2, 0) is 19.8 Å². The molecule has 35 heavy (non-hydrogen) atoms. The molecule has 0 spiro atoms. The number of hydrogen-bond donors (Lipinski definition) is 1. The minimum atomic E-state index is -4.68. The van der Waals surface area contributed by atoms with Gasteiger partial charge in [-0.25, -0.2) is 9.37 Å². The van der Waals surface area contributed by atoms with Gasteiger partial charge in [0.2, 0.25) is 5.82 Å². The second kappa shape index (κ2) is 9.29. The van der Waals surface area contributed by atoms with Crippen LogP contribution in [0.3, 0.4) is 0 Å². The van der Waals surface area contributed by atoms with Crippen molar-refractivity contribution in [1.29, 1.82) is 0 Å². The van der Waals surface area contributed by atoms with E-state index in [2.05, 4.69) is 29.9 Å². The summed E-state index contributed by atoms with van der Waals surface area (Å²) in [5.74, 6) is -0.460. The molecule has 7 nitrogen and oxygen atoms in total. The van der Waals surface area contributed by atoms with E-state index in [0.717, 1.165) is 49.2 Å². The van der Waals surface area contributed by atoms with Gasteiger partial charge in [0.25, 0.3) is 0 Å². The first-order valence-electron chi connectivity index (χ1n) is 11.3. The monoisotopic (exact) mass is 488 g/mol. The number of anilines is 1. The molecule has 4 aromatic rings. The molecule has 3 aromatic heterocycles. The van der Waals surface area contributed by atoms with Crippen LogP contribution in [0.25, 0.3) is 22.3 Å². The van der Waals surface area contributed by atoms with Gasteiger partial charge in [0.1, 0.15) is 11.6 Å². The SMILES string of the molecule is Cn1cc(CNCC2CCN(c3ccc(-c4noc(C(F)(F)F)n4)cn3)CC2)c2cccc(F)c21. The topological polar surface area (TPSA) is 72.0 Å². The number of pyridine rings is 1. The standard InChI is InChI=1S/C24H24F4N6O/c1-33-14-17(18-3-2-4-19(25)21(18)33)12-29-11-15-7-9-34(10-8-15)20-6-5-16(13-30-20)22-31-23(35-32-22)24(26,27)28/h2-6,13-15,29H,7-12H2,1H3. The summed E-state index contributed by atoms with van der Waals surface area (Å²) >= 11 is 0. The molecule has 1 aromatic carbocycles. The van der Waals surface area contributed by atoms with Crippen molar-refractivity contribution in [1.82, 2.24) is 25.0 Å². The Morgan fingerprint density at radius 2 is 1.94 bits per heavy atom. The summed E-state index contributed by atoms with van der Waals surface area (Å²) in [6, 6.07) is 8.56. The van der Waals surface area contributed by atoms with Crippen LogP contribution in [0.4, 0.5) is 23.4 Å². The highest BCUT2D eigenvalue weighted by atomic mass is 19.4. The first-order valence-corrected chi connectivity index (χ1v) is 11.3. The fourth-order valence-electron chi connectivity index (χ4n) is 4.58. The fourth-order valence-corrected chi connectivity index (χ4v) is 4.58. The van der Waals surface area contributed by atoms with Gasteiger partial charge in [-0.2, -0.15) is 18.2 Å². The van der Waals surface area contributed by atoms with Crippen LogP contribution in [0.5, 0.6) is 0 Å². The Morgan fingerprint density at radius 1 is 1.14 bits per heavy atom. The Kier molecular flexibility index (Phi) is 6.18. The lowest BCUT2D eigenvalue weighted by molar-refractivity contribution is -0.159. The zero-order valence-electron chi connectivity index (χ0n) is 19.0. The quantitative estimate of drug-likeness (QED) is 0.394. The molecule has 1 aliphatic rings. The summed E-state index contributed by atoms with van der Waals surface area (Å²) in [6.45, 7) is 3.21. The fraction of sp³-hybridized carbons (Fsp3) is 0.375. The number of para-hydroxylation sites is 1. The molecule has 0 unspecified atom stereocenters. The van der Waals surface area contributed by atoms with Crippen molar-refractivity contribution in [2.75, 3.05) is 24.5 Å². The van der Waals surface area contributed by atoms with Crippen LogP contribution in [-0.4, -0.2) is 39.3 Å². The Bertz CT molecular complexity index is 1310. The van der Waals surface area contributed by atoms with Gasteiger partial charge in [-0.1, -0.05) is 17.3 Å². The van der Waals surface area contributed by atoms with Crippen LogP contribution >= 0.6 is 0 Å².